The minimum absolute atomic E-state index is 0.00799. The average Bonchev–Trinajstić information content (AvgIpc) is 3.07. The van der Waals surface area contributed by atoms with Gasteiger partial charge >= 0.3 is 0 Å². The lowest BCUT2D eigenvalue weighted by molar-refractivity contribution is -0.129. The maximum absolute atomic E-state index is 15.3. The number of benzene rings is 2. The molecule has 3 unspecified atom stereocenters. The molecule has 1 saturated carbocycles. The molecule has 0 bridgehead atoms. The van der Waals surface area contributed by atoms with Crippen molar-refractivity contribution in [2.75, 3.05) is 6.61 Å². The highest BCUT2D eigenvalue weighted by atomic mass is 32.1. The molecule has 1 fully saturated rings. The lowest BCUT2D eigenvalue weighted by Gasteiger charge is -2.37. The molecule has 3 atom stereocenters. The Balaban J connectivity index is 1.70. The van der Waals surface area contributed by atoms with Gasteiger partial charge in [-0.15, -0.1) is 11.3 Å². The molecule has 1 heterocycles. The molecule has 0 saturated heterocycles. The van der Waals surface area contributed by atoms with Crippen LogP contribution in [-0.4, -0.2) is 18.7 Å². The first-order valence-electron chi connectivity index (χ1n) is 10.4. The van der Waals surface area contributed by atoms with Crippen molar-refractivity contribution >= 4 is 31.5 Å². The summed E-state index contributed by atoms with van der Waals surface area (Å²) < 4.78 is 91.9. The van der Waals surface area contributed by atoms with E-state index in [-0.39, 0.29) is 33.7 Å². The highest BCUT2D eigenvalue weighted by molar-refractivity contribution is 7.25. The van der Waals surface area contributed by atoms with Gasteiger partial charge in [-0.1, -0.05) is 19.1 Å². The Morgan fingerprint density at radius 2 is 1.78 bits per heavy atom. The first-order chi connectivity index (χ1) is 15.1. The third-order valence-electron chi connectivity index (χ3n) is 6.00. The van der Waals surface area contributed by atoms with E-state index in [2.05, 4.69) is 0 Å². The van der Waals surface area contributed by atoms with Crippen LogP contribution < -0.4 is 4.74 Å². The second-order valence-corrected chi connectivity index (χ2v) is 9.53. The molecule has 0 N–H and O–H groups in total. The van der Waals surface area contributed by atoms with Crippen LogP contribution in [-0.2, 0) is 6.42 Å². The van der Waals surface area contributed by atoms with Crippen LogP contribution in [0.2, 0.25) is 0 Å². The molecule has 1 aliphatic carbocycles. The third-order valence-corrected chi connectivity index (χ3v) is 7.21. The number of ether oxygens (including phenoxy) is 1. The van der Waals surface area contributed by atoms with Gasteiger partial charge in [0.05, 0.1) is 21.1 Å². The van der Waals surface area contributed by atoms with Gasteiger partial charge in [-0.25, -0.2) is 26.3 Å². The van der Waals surface area contributed by atoms with E-state index in [0.717, 1.165) is 17.4 Å². The zero-order valence-corrected chi connectivity index (χ0v) is 18.3. The van der Waals surface area contributed by atoms with Gasteiger partial charge in [0.15, 0.2) is 11.6 Å². The smallest absolute Gasteiger partial charge is 0.254 e. The second kappa shape index (κ2) is 8.61. The van der Waals surface area contributed by atoms with Crippen LogP contribution in [0.4, 0.5) is 26.3 Å². The highest BCUT2D eigenvalue weighted by Crippen LogP contribution is 2.46. The molecule has 1 aliphatic rings. The van der Waals surface area contributed by atoms with Gasteiger partial charge in [0, 0.05) is 17.2 Å². The van der Waals surface area contributed by atoms with E-state index in [9.17, 15) is 22.0 Å². The van der Waals surface area contributed by atoms with Gasteiger partial charge in [0.25, 0.3) is 5.92 Å². The van der Waals surface area contributed by atoms with E-state index in [1.54, 1.807) is 19.1 Å². The number of alkyl halides is 3. The summed E-state index contributed by atoms with van der Waals surface area (Å²) in [6, 6.07) is 5.89. The fourth-order valence-electron chi connectivity index (χ4n) is 4.40. The van der Waals surface area contributed by atoms with Crippen molar-refractivity contribution in [1.82, 2.24) is 0 Å². The zero-order chi connectivity index (χ0) is 23.2. The normalized spacial score (nSPS) is 23.8. The molecule has 4 rings (SSSR count). The predicted octanol–water partition coefficient (Wildman–Crippen LogP) is 8.15. The lowest BCUT2D eigenvalue weighted by Crippen LogP contribution is -2.43. The summed E-state index contributed by atoms with van der Waals surface area (Å²) in [5.41, 5.74) is -0.00799. The number of rotatable bonds is 5. The highest BCUT2D eigenvalue weighted by Gasteiger charge is 2.49. The Labute approximate surface area is 185 Å². The van der Waals surface area contributed by atoms with Crippen LogP contribution in [0.3, 0.4) is 0 Å². The van der Waals surface area contributed by atoms with Crippen LogP contribution in [0.1, 0.15) is 32.3 Å². The number of hydrogen-bond acceptors (Lipinski definition) is 2. The van der Waals surface area contributed by atoms with E-state index >= 15 is 4.39 Å². The Morgan fingerprint density at radius 1 is 1.12 bits per heavy atom. The number of halogens is 6. The fraction of sp³-hybridized carbons (Fsp3) is 0.417. The van der Waals surface area contributed by atoms with Crippen LogP contribution in [0.5, 0.6) is 5.75 Å². The van der Waals surface area contributed by atoms with Crippen LogP contribution in [0.25, 0.3) is 20.2 Å². The van der Waals surface area contributed by atoms with E-state index in [0.29, 0.717) is 10.8 Å². The monoisotopic (exact) mass is 472 g/mol. The van der Waals surface area contributed by atoms with E-state index in [4.69, 9.17) is 4.74 Å². The van der Waals surface area contributed by atoms with Crippen molar-refractivity contribution < 1.29 is 31.1 Å². The maximum Gasteiger partial charge on any atom is 0.254 e. The van der Waals surface area contributed by atoms with E-state index in [1.807, 2.05) is 0 Å². The summed E-state index contributed by atoms with van der Waals surface area (Å²) in [5, 5.41) is 0.898. The first kappa shape index (κ1) is 23.0. The molecule has 3 aromatic rings. The van der Waals surface area contributed by atoms with Crippen molar-refractivity contribution in [3.63, 3.8) is 0 Å². The lowest BCUT2D eigenvalue weighted by atomic mass is 9.75. The van der Waals surface area contributed by atoms with Gasteiger partial charge in [-0.3, -0.25) is 0 Å². The van der Waals surface area contributed by atoms with Gasteiger partial charge in [0.1, 0.15) is 18.6 Å². The largest absolute Gasteiger partial charge is 0.486 e. The van der Waals surface area contributed by atoms with Gasteiger partial charge in [-0.05, 0) is 49.5 Å². The number of allylic oxidation sites excluding steroid dienone is 1. The average molecular weight is 472 g/mol. The Hall–Kier alpha value is -2.22. The molecule has 172 valence electrons. The number of fused-ring (bicyclic) bond motifs is 3. The minimum atomic E-state index is -3.22. The van der Waals surface area contributed by atoms with Crippen LogP contribution in [0, 0.1) is 23.5 Å². The predicted molar refractivity (Wildman–Crippen MR) is 115 cm³/mol. The summed E-state index contributed by atoms with van der Waals surface area (Å²) >= 11 is 0.845. The van der Waals surface area contributed by atoms with Crippen molar-refractivity contribution in [3.8, 4) is 5.75 Å². The topological polar surface area (TPSA) is 9.23 Å². The second-order valence-electron chi connectivity index (χ2n) is 8.51. The SMILES string of the molecule is C/C(F)=C/COc1ccc2c(sc3c(F)c(CC4C(F)CC(C)CC4(F)F)ccc32)c1F. The Kier molecular flexibility index (Phi) is 6.18. The quantitative estimate of drug-likeness (QED) is 0.341. The molecular formula is C24H22F6OS. The van der Waals surface area contributed by atoms with E-state index in [1.165, 1.54) is 19.1 Å². The zero-order valence-electron chi connectivity index (χ0n) is 17.5. The molecule has 8 heteroatoms. The summed E-state index contributed by atoms with van der Waals surface area (Å²) in [6.07, 6.45) is -1.39. The van der Waals surface area contributed by atoms with Crippen molar-refractivity contribution in [2.24, 2.45) is 11.8 Å². The molecular weight excluding hydrogens is 450 g/mol. The summed E-state index contributed by atoms with van der Waals surface area (Å²) in [7, 11) is 0. The first-order valence-corrected chi connectivity index (χ1v) is 11.2. The molecule has 2 aromatic carbocycles. The molecule has 0 spiro atoms. The van der Waals surface area contributed by atoms with Gasteiger partial charge in [-0.2, -0.15) is 0 Å². The fourth-order valence-corrected chi connectivity index (χ4v) is 5.59. The van der Waals surface area contributed by atoms with Gasteiger partial charge < -0.3 is 4.74 Å². The Morgan fingerprint density at radius 3 is 2.44 bits per heavy atom. The standard InChI is InChI=1S/C24H22F6OS/c1-12-9-18(26)17(24(29,30)11-12)10-14-3-4-15-16-5-6-19(31-8-7-13(2)25)21(28)23(16)32-22(15)20(14)27/h3-7,12,17-18H,8-11H2,1-2H3/b13-7-. The third kappa shape index (κ3) is 4.21. The molecule has 1 aromatic heterocycles. The minimum Gasteiger partial charge on any atom is -0.486 e. The molecule has 32 heavy (non-hydrogen) atoms. The summed E-state index contributed by atoms with van der Waals surface area (Å²) in [5.74, 6) is -7.24. The van der Waals surface area contributed by atoms with Crippen LogP contribution in [0.15, 0.2) is 36.2 Å². The van der Waals surface area contributed by atoms with Crippen LogP contribution >= 0.6 is 11.3 Å². The molecule has 0 aliphatic heterocycles. The maximum atomic E-state index is 15.3. The van der Waals surface area contributed by atoms with Crippen molar-refractivity contribution in [3.05, 3.63) is 53.4 Å². The van der Waals surface area contributed by atoms with E-state index < -0.39 is 54.2 Å². The molecule has 1 nitrogen and oxygen atoms in total. The number of hydrogen-bond donors (Lipinski definition) is 0. The summed E-state index contributed by atoms with van der Waals surface area (Å²) in [6.45, 7) is 2.67. The van der Waals surface area contributed by atoms with Crippen molar-refractivity contribution in [1.29, 1.82) is 0 Å². The molecule has 0 amide bonds. The Bertz CT molecular complexity index is 1180. The van der Waals surface area contributed by atoms with Crippen molar-refractivity contribution in [2.45, 2.75) is 45.2 Å². The van der Waals surface area contributed by atoms with Gasteiger partial charge in [0.2, 0.25) is 0 Å². The molecule has 0 radical (unpaired) electrons. The number of thiophene rings is 1. The summed E-state index contributed by atoms with van der Waals surface area (Å²) in [4.78, 5) is 0.